The second-order valence-electron chi connectivity index (χ2n) is 5.51. The van der Waals surface area contributed by atoms with Crippen molar-refractivity contribution in [3.05, 3.63) is 35.5 Å². The summed E-state index contributed by atoms with van der Waals surface area (Å²) in [5.74, 6) is 1.86. The number of methoxy groups -OCH3 is 2. The lowest BCUT2D eigenvalue weighted by Gasteiger charge is -2.14. The van der Waals surface area contributed by atoms with Crippen molar-refractivity contribution in [2.24, 2.45) is 5.92 Å². The van der Waals surface area contributed by atoms with E-state index in [4.69, 9.17) is 21.1 Å². The van der Waals surface area contributed by atoms with E-state index >= 15 is 0 Å². The van der Waals surface area contributed by atoms with E-state index in [0.29, 0.717) is 28.0 Å². The zero-order valence-electron chi connectivity index (χ0n) is 13.4. The zero-order valence-corrected chi connectivity index (χ0v) is 14.2. The van der Waals surface area contributed by atoms with Crippen molar-refractivity contribution in [3.63, 3.8) is 0 Å². The summed E-state index contributed by atoms with van der Waals surface area (Å²) in [6, 6.07) is 7.02. The Bertz CT molecular complexity index is 745. The molecule has 0 radical (unpaired) electrons. The third-order valence-corrected chi connectivity index (χ3v) is 4.01. The normalized spacial score (nSPS) is 13.3. The lowest BCUT2D eigenvalue weighted by atomic mass is 10.2. The van der Waals surface area contributed by atoms with Gasteiger partial charge in [-0.05, 0) is 25.0 Å². The predicted molar refractivity (Wildman–Crippen MR) is 93.4 cm³/mol. The van der Waals surface area contributed by atoms with Gasteiger partial charge < -0.3 is 20.1 Å². The Morgan fingerprint density at radius 3 is 2.54 bits per heavy atom. The van der Waals surface area contributed by atoms with Crippen molar-refractivity contribution >= 4 is 34.7 Å². The quantitative estimate of drug-likeness (QED) is 0.830. The van der Waals surface area contributed by atoms with Gasteiger partial charge in [-0.2, -0.15) is 0 Å². The number of hydrogen-bond donors (Lipinski definition) is 2. The fourth-order valence-corrected chi connectivity index (χ4v) is 2.46. The third kappa shape index (κ3) is 3.71. The number of pyridine rings is 1. The highest BCUT2D eigenvalue weighted by molar-refractivity contribution is 6.32. The average molecular weight is 348 g/mol. The van der Waals surface area contributed by atoms with Crippen LogP contribution in [0.2, 0.25) is 5.02 Å². The van der Waals surface area contributed by atoms with Crippen molar-refractivity contribution < 1.29 is 14.3 Å². The van der Waals surface area contributed by atoms with Crippen LogP contribution >= 0.6 is 11.6 Å². The molecule has 1 amide bonds. The van der Waals surface area contributed by atoms with Crippen molar-refractivity contribution in [2.75, 3.05) is 24.9 Å². The van der Waals surface area contributed by atoms with E-state index in [9.17, 15) is 4.79 Å². The Balaban J connectivity index is 1.74. The molecule has 2 aromatic rings. The molecule has 0 spiro atoms. The molecule has 126 valence electrons. The van der Waals surface area contributed by atoms with Gasteiger partial charge in [-0.3, -0.25) is 4.79 Å². The Hall–Kier alpha value is -2.47. The number of benzene rings is 1. The molecule has 1 aliphatic carbocycles. The monoisotopic (exact) mass is 347 g/mol. The molecule has 3 rings (SSSR count). The van der Waals surface area contributed by atoms with Gasteiger partial charge in [-0.25, -0.2) is 4.98 Å². The molecule has 24 heavy (non-hydrogen) atoms. The molecule has 0 unspecified atom stereocenters. The highest BCUT2D eigenvalue weighted by Crippen LogP contribution is 2.37. The van der Waals surface area contributed by atoms with Crippen LogP contribution in [0.4, 0.5) is 17.2 Å². The molecule has 0 aliphatic heterocycles. The number of aromatic nitrogens is 1. The molecule has 1 heterocycles. The highest BCUT2D eigenvalue weighted by atomic mass is 35.5. The fraction of sp³-hybridized carbons (Fsp3) is 0.294. The Labute approximate surface area is 145 Å². The summed E-state index contributed by atoms with van der Waals surface area (Å²) < 4.78 is 10.6. The average Bonchev–Trinajstić information content (AvgIpc) is 3.42. The van der Waals surface area contributed by atoms with Crippen LogP contribution in [-0.4, -0.2) is 25.1 Å². The van der Waals surface area contributed by atoms with Crippen molar-refractivity contribution in [2.45, 2.75) is 12.8 Å². The molecule has 2 N–H and O–H groups in total. The number of ether oxygens (including phenoxy) is 2. The van der Waals surface area contributed by atoms with Gasteiger partial charge in [0.25, 0.3) is 0 Å². The van der Waals surface area contributed by atoms with Gasteiger partial charge in [0.2, 0.25) is 5.91 Å². The SMILES string of the molecule is COc1cc(Nc2ccc(NC(=O)C3CC3)nc2)c(OC)cc1Cl. The largest absolute Gasteiger partial charge is 0.495 e. The summed E-state index contributed by atoms with van der Waals surface area (Å²) in [4.78, 5) is 16.0. The van der Waals surface area contributed by atoms with E-state index in [2.05, 4.69) is 15.6 Å². The van der Waals surface area contributed by atoms with E-state index in [1.807, 2.05) is 6.07 Å². The minimum absolute atomic E-state index is 0.0346. The van der Waals surface area contributed by atoms with Gasteiger partial charge in [0.15, 0.2) is 0 Å². The molecule has 1 aliphatic rings. The zero-order chi connectivity index (χ0) is 17.1. The molecule has 1 aromatic carbocycles. The lowest BCUT2D eigenvalue weighted by Crippen LogP contribution is -2.14. The Morgan fingerprint density at radius 1 is 1.21 bits per heavy atom. The molecule has 1 fully saturated rings. The van der Waals surface area contributed by atoms with Crippen LogP contribution in [0.3, 0.4) is 0 Å². The number of carbonyl (C=O) groups is 1. The maximum absolute atomic E-state index is 11.7. The number of anilines is 3. The third-order valence-electron chi connectivity index (χ3n) is 3.72. The number of nitrogens with one attached hydrogen (secondary N) is 2. The highest BCUT2D eigenvalue weighted by Gasteiger charge is 2.29. The summed E-state index contributed by atoms with van der Waals surface area (Å²) in [6.45, 7) is 0. The van der Waals surface area contributed by atoms with Crippen LogP contribution in [0.25, 0.3) is 0 Å². The minimum Gasteiger partial charge on any atom is -0.495 e. The number of carbonyl (C=O) groups excluding carboxylic acids is 1. The van der Waals surface area contributed by atoms with Crippen molar-refractivity contribution in [1.82, 2.24) is 4.98 Å². The number of halogens is 1. The summed E-state index contributed by atoms with van der Waals surface area (Å²) in [7, 11) is 3.12. The topological polar surface area (TPSA) is 72.5 Å². The summed E-state index contributed by atoms with van der Waals surface area (Å²) in [6.07, 6.45) is 3.57. The van der Waals surface area contributed by atoms with Crippen LogP contribution in [0.1, 0.15) is 12.8 Å². The second-order valence-corrected chi connectivity index (χ2v) is 5.91. The van der Waals surface area contributed by atoms with Gasteiger partial charge in [0, 0.05) is 18.1 Å². The molecule has 1 aromatic heterocycles. The number of hydrogen-bond acceptors (Lipinski definition) is 5. The number of nitrogens with zero attached hydrogens (tertiary/aromatic N) is 1. The van der Waals surface area contributed by atoms with Crippen LogP contribution in [-0.2, 0) is 4.79 Å². The van der Waals surface area contributed by atoms with E-state index in [0.717, 1.165) is 18.5 Å². The Morgan fingerprint density at radius 2 is 1.96 bits per heavy atom. The first-order valence-electron chi connectivity index (χ1n) is 7.56. The van der Waals surface area contributed by atoms with Gasteiger partial charge in [0.05, 0.1) is 36.8 Å². The van der Waals surface area contributed by atoms with Gasteiger partial charge in [-0.1, -0.05) is 11.6 Å². The standard InChI is InChI=1S/C17H18ClN3O3/c1-23-14-8-13(15(24-2)7-12(14)18)20-11-5-6-16(19-9-11)21-17(22)10-3-4-10/h5-10,20H,3-4H2,1-2H3,(H,19,21,22). The maximum Gasteiger partial charge on any atom is 0.228 e. The first kappa shape index (κ1) is 16.4. The van der Waals surface area contributed by atoms with Crippen molar-refractivity contribution in [3.8, 4) is 11.5 Å². The van der Waals surface area contributed by atoms with Crippen LogP contribution in [0.15, 0.2) is 30.5 Å². The van der Waals surface area contributed by atoms with E-state index in [1.165, 1.54) is 0 Å². The van der Waals surface area contributed by atoms with E-state index in [1.54, 1.807) is 38.6 Å². The van der Waals surface area contributed by atoms with E-state index < -0.39 is 0 Å². The Kier molecular flexibility index (Phi) is 4.76. The van der Waals surface area contributed by atoms with Crippen LogP contribution < -0.4 is 20.1 Å². The summed E-state index contributed by atoms with van der Waals surface area (Å²) in [5, 5.41) is 6.47. The van der Waals surface area contributed by atoms with Crippen molar-refractivity contribution in [1.29, 1.82) is 0 Å². The molecular formula is C17H18ClN3O3. The molecule has 6 nitrogen and oxygen atoms in total. The fourth-order valence-electron chi connectivity index (χ4n) is 2.23. The first-order valence-corrected chi connectivity index (χ1v) is 7.94. The van der Waals surface area contributed by atoms with Gasteiger partial charge >= 0.3 is 0 Å². The van der Waals surface area contributed by atoms with Crippen LogP contribution in [0.5, 0.6) is 11.5 Å². The summed E-state index contributed by atoms with van der Waals surface area (Å²) >= 11 is 6.10. The van der Waals surface area contributed by atoms with Gasteiger partial charge in [-0.15, -0.1) is 0 Å². The van der Waals surface area contributed by atoms with Gasteiger partial charge in [0.1, 0.15) is 17.3 Å². The molecular weight excluding hydrogens is 330 g/mol. The maximum atomic E-state index is 11.7. The predicted octanol–water partition coefficient (Wildman–Crippen LogP) is 3.84. The first-order chi connectivity index (χ1) is 11.6. The van der Waals surface area contributed by atoms with E-state index in [-0.39, 0.29) is 11.8 Å². The molecule has 0 bridgehead atoms. The molecule has 7 heteroatoms. The van der Waals surface area contributed by atoms with Crippen LogP contribution in [0, 0.1) is 5.92 Å². The lowest BCUT2D eigenvalue weighted by molar-refractivity contribution is -0.117. The minimum atomic E-state index is 0.0346. The smallest absolute Gasteiger partial charge is 0.228 e. The number of rotatable bonds is 6. The molecule has 1 saturated carbocycles. The molecule has 0 atom stereocenters. The summed E-state index contributed by atoms with van der Waals surface area (Å²) in [5.41, 5.74) is 1.46. The molecule has 0 saturated heterocycles. The second kappa shape index (κ2) is 6.97. The number of amides is 1.